The van der Waals surface area contributed by atoms with Gasteiger partial charge in [-0.2, -0.15) is 0 Å². The number of ether oxygens (including phenoxy) is 2. The van der Waals surface area contributed by atoms with Crippen LogP contribution in [0.15, 0.2) is 24.3 Å². The van der Waals surface area contributed by atoms with Gasteiger partial charge in [-0.05, 0) is 37.4 Å². The summed E-state index contributed by atoms with van der Waals surface area (Å²) in [5.41, 5.74) is 5.79. The average Bonchev–Trinajstić information content (AvgIpc) is 2.42. The Labute approximate surface area is 107 Å². The van der Waals surface area contributed by atoms with Gasteiger partial charge in [0.2, 0.25) is 0 Å². The van der Waals surface area contributed by atoms with Gasteiger partial charge in [0.05, 0.1) is 6.61 Å². The summed E-state index contributed by atoms with van der Waals surface area (Å²) in [4.78, 5) is 0. The Balaban J connectivity index is 1.88. The lowest BCUT2D eigenvalue weighted by Crippen LogP contribution is -2.33. The molecule has 1 saturated heterocycles. The average molecular weight is 253 g/mol. The van der Waals surface area contributed by atoms with Gasteiger partial charge in [0, 0.05) is 19.1 Å². The molecule has 0 aliphatic carbocycles. The van der Waals surface area contributed by atoms with Gasteiger partial charge in [0.1, 0.15) is 0 Å². The van der Waals surface area contributed by atoms with Crippen molar-refractivity contribution in [1.29, 1.82) is 0 Å². The topological polar surface area (TPSA) is 44.5 Å². The molecule has 1 fully saturated rings. The summed E-state index contributed by atoms with van der Waals surface area (Å²) in [5, 5.41) is 0. The first kappa shape index (κ1) is 13.3. The van der Waals surface area contributed by atoms with Gasteiger partial charge in [-0.15, -0.1) is 0 Å². The fraction of sp³-hybridized carbons (Fsp3) is 0.571. The van der Waals surface area contributed by atoms with Crippen molar-refractivity contribution in [2.24, 2.45) is 17.6 Å². The van der Waals surface area contributed by atoms with E-state index in [0.717, 1.165) is 26.1 Å². The highest BCUT2D eigenvalue weighted by Crippen LogP contribution is 2.25. The second kappa shape index (κ2) is 6.71. The van der Waals surface area contributed by atoms with E-state index in [-0.39, 0.29) is 11.7 Å². The quantitative estimate of drug-likeness (QED) is 0.875. The van der Waals surface area contributed by atoms with Crippen LogP contribution >= 0.6 is 0 Å². The Morgan fingerprint density at radius 3 is 2.72 bits per heavy atom. The zero-order valence-corrected chi connectivity index (χ0v) is 10.5. The van der Waals surface area contributed by atoms with E-state index in [9.17, 15) is 4.39 Å². The highest BCUT2D eigenvalue weighted by Gasteiger charge is 2.23. The maximum Gasteiger partial charge on any atom is 0.165 e. The molecule has 0 aromatic heterocycles. The summed E-state index contributed by atoms with van der Waals surface area (Å²) in [5.74, 6) is 0.785. The highest BCUT2D eigenvalue weighted by atomic mass is 19.1. The van der Waals surface area contributed by atoms with Crippen LogP contribution in [0.25, 0.3) is 0 Å². The molecule has 0 radical (unpaired) electrons. The molecule has 100 valence electrons. The maximum absolute atomic E-state index is 13.4. The Kier molecular flexibility index (Phi) is 4.96. The minimum absolute atomic E-state index is 0.272. The molecule has 0 saturated carbocycles. The number of rotatable bonds is 5. The monoisotopic (exact) mass is 253 g/mol. The van der Waals surface area contributed by atoms with Crippen LogP contribution in [0.1, 0.15) is 12.8 Å². The lowest BCUT2D eigenvalue weighted by Gasteiger charge is -2.29. The van der Waals surface area contributed by atoms with Gasteiger partial charge in [0.15, 0.2) is 11.6 Å². The fourth-order valence-electron chi connectivity index (χ4n) is 2.34. The van der Waals surface area contributed by atoms with Crippen molar-refractivity contribution < 1.29 is 13.9 Å². The predicted octanol–water partition coefficient (Wildman–Crippen LogP) is 2.21. The minimum Gasteiger partial charge on any atom is -0.490 e. The van der Waals surface area contributed by atoms with Crippen LogP contribution in [0.2, 0.25) is 0 Å². The van der Waals surface area contributed by atoms with E-state index in [1.807, 2.05) is 0 Å². The molecule has 1 aromatic carbocycles. The first-order valence-electron chi connectivity index (χ1n) is 6.46. The molecule has 2 N–H and O–H groups in total. The summed E-state index contributed by atoms with van der Waals surface area (Å²) >= 11 is 0. The molecular weight excluding hydrogens is 233 g/mol. The smallest absolute Gasteiger partial charge is 0.165 e. The largest absolute Gasteiger partial charge is 0.490 e. The van der Waals surface area contributed by atoms with E-state index >= 15 is 0 Å². The molecule has 1 aromatic rings. The van der Waals surface area contributed by atoms with Crippen molar-refractivity contribution in [3.8, 4) is 5.75 Å². The summed E-state index contributed by atoms with van der Waals surface area (Å²) in [7, 11) is 0. The van der Waals surface area contributed by atoms with Crippen molar-refractivity contribution in [3.63, 3.8) is 0 Å². The molecule has 0 bridgehead atoms. The molecule has 0 amide bonds. The molecule has 1 aliphatic heterocycles. The van der Waals surface area contributed by atoms with Gasteiger partial charge in [0.25, 0.3) is 0 Å². The number of hydrogen-bond acceptors (Lipinski definition) is 3. The third kappa shape index (κ3) is 3.43. The molecule has 1 aliphatic rings. The fourth-order valence-corrected chi connectivity index (χ4v) is 2.34. The number of para-hydroxylation sites is 1. The van der Waals surface area contributed by atoms with E-state index in [0.29, 0.717) is 24.8 Å². The van der Waals surface area contributed by atoms with Gasteiger partial charge in [-0.25, -0.2) is 4.39 Å². The van der Waals surface area contributed by atoms with Crippen LogP contribution in [0, 0.1) is 17.7 Å². The third-order valence-electron chi connectivity index (χ3n) is 3.52. The number of nitrogens with two attached hydrogens (primary N) is 1. The standard InChI is InChI=1S/C14H20FNO2/c15-13-3-1-2-4-14(13)18-10-12(9-16)11-5-7-17-8-6-11/h1-4,11-12H,5-10,16H2. The Hall–Kier alpha value is -1.13. The summed E-state index contributed by atoms with van der Waals surface area (Å²) in [6.07, 6.45) is 2.03. The normalized spacial score (nSPS) is 18.6. The zero-order chi connectivity index (χ0) is 12.8. The molecule has 3 nitrogen and oxygen atoms in total. The van der Waals surface area contributed by atoms with E-state index in [4.69, 9.17) is 15.2 Å². The third-order valence-corrected chi connectivity index (χ3v) is 3.52. The lowest BCUT2D eigenvalue weighted by atomic mass is 9.86. The predicted molar refractivity (Wildman–Crippen MR) is 68.0 cm³/mol. The number of hydrogen-bond donors (Lipinski definition) is 1. The molecule has 2 rings (SSSR count). The second-order valence-electron chi connectivity index (χ2n) is 4.69. The van der Waals surface area contributed by atoms with Crippen molar-refractivity contribution in [3.05, 3.63) is 30.1 Å². The zero-order valence-electron chi connectivity index (χ0n) is 10.5. The van der Waals surface area contributed by atoms with E-state index in [1.54, 1.807) is 18.2 Å². The number of halogens is 1. The van der Waals surface area contributed by atoms with E-state index in [1.165, 1.54) is 6.07 Å². The molecule has 1 heterocycles. The summed E-state index contributed by atoms with van der Waals surface area (Å²) in [6.45, 7) is 2.63. The molecule has 0 spiro atoms. The van der Waals surface area contributed by atoms with Crippen LogP contribution in [0.4, 0.5) is 4.39 Å². The van der Waals surface area contributed by atoms with Crippen LogP contribution in [0.3, 0.4) is 0 Å². The van der Waals surface area contributed by atoms with E-state index < -0.39 is 0 Å². The van der Waals surface area contributed by atoms with Crippen LogP contribution in [-0.2, 0) is 4.74 Å². The summed E-state index contributed by atoms with van der Waals surface area (Å²) < 4.78 is 24.3. The van der Waals surface area contributed by atoms with Gasteiger partial charge >= 0.3 is 0 Å². The molecule has 1 unspecified atom stereocenters. The van der Waals surface area contributed by atoms with Crippen molar-refractivity contribution in [2.45, 2.75) is 12.8 Å². The molecular formula is C14H20FNO2. The molecule has 18 heavy (non-hydrogen) atoms. The van der Waals surface area contributed by atoms with Gasteiger partial charge in [-0.3, -0.25) is 0 Å². The lowest BCUT2D eigenvalue weighted by molar-refractivity contribution is 0.0377. The van der Waals surface area contributed by atoms with E-state index in [2.05, 4.69) is 0 Å². The Morgan fingerprint density at radius 1 is 1.33 bits per heavy atom. The Morgan fingerprint density at radius 2 is 2.06 bits per heavy atom. The molecule has 1 atom stereocenters. The molecule has 4 heteroatoms. The van der Waals surface area contributed by atoms with Crippen molar-refractivity contribution in [2.75, 3.05) is 26.4 Å². The number of benzene rings is 1. The van der Waals surface area contributed by atoms with Crippen LogP contribution in [-0.4, -0.2) is 26.4 Å². The van der Waals surface area contributed by atoms with Gasteiger partial charge in [-0.1, -0.05) is 12.1 Å². The first-order valence-corrected chi connectivity index (χ1v) is 6.46. The van der Waals surface area contributed by atoms with Crippen LogP contribution < -0.4 is 10.5 Å². The minimum atomic E-state index is -0.319. The highest BCUT2D eigenvalue weighted by molar-refractivity contribution is 5.23. The van der Waals surface area contributed by atoms with Gasteiger partial charge < -0.3 is 15.2 Å². The van der Waals surface area contributed by atoms with Crippen molar-refractivity contribution in [1.82, 2.24) is 0 Å². The SMILES string of the molecule is NCC(COc1ccccc1F)C1CCOCC1. The first-order chi connectivity index (χ1) is 8.81. The Bertz CT molecular complexity index is 367. The van der Waals surface area contributed by atoms with Crippen LogP contribution in [0.5, 0.6) is 5.75 Å². The summed E-state index contributed by atoms with van der Waals surface area (Å²) in [6, 6.07) is 6.47. The maximum atomic E-state index is 13.4. The second-order valence-corrected chi connectivity index (χ2v) is 4.69. The van der Waals surface area contributed by atoms with Crippen molar-refractivity contribution >= 4 is 0 Å².